The molecule has 4 heteroatoms. The van der Waals surface area contributed by atoms with Crippen LogP contribution in [0.4, 0.5) is 0 Å². The van der Waals surface area contributed by atoms with E-state index in [1.165, 1.54) is 20.0 Å². The van der Waals surface area contributed by atoms with Crippen molar-refractivity contribution in [2.45, 2.75) is 39.5 Å². The summed E-state index contributed by atoms with van der Waals surface area (Å²) in [5.74, 6) is -0.330. The molecule has 0 radical (unpaired) electrons. The Morgan fingerprint density at radius 2 is 2.04 bits per heavy atom. The van der Waals surface area contributed by atoms with Gasteiger partial charge in [-0.2, -0.15) is 0 Å². The summed E-state index contributed by atoms with van der Waals surface area (Å²) >= 11 is 6.58. The van der Waals surface area contributed by atoms with E-state index in [9.17, 15) is 4.79 Å². The summed E-state index contributed by atoms with van der Waals surface area (Å²) < 4.78 is 4.85. The van der Waals surface area contributed by atoms with Gasteiger partial charge in [-0.05, 0) is 54.3 Å². The molecule has 0 saturated heterocycles. The molecular formula is C24H26ClNO2. The van der Waals surface area contributed by atoms with E-state index in [1.54, 1.807) is 6.07 Å². The molecular weight excluding hydrogens is 370 g/mol. The molecule has 1 heterocycles. The maximum absolute atomic E-state index is 11.9. The second kappa shape index (κ2) is 9.11. The molecule has 0 aliphatic rings. The van der Waals surface area contributed by atoms with E-state index in [-0.39, 0.29) is 5.97 Å². The minimum absolute atomic E-state index is 0.330. The number of esters is 1. The molecule has 1 aromatic heterocycles. The number of methoxy groups -OCH3 is 1. The Hall–Kier alpha value is -2.52. The largest absolute Gasteiger partial charge is 0.465 e. The average molecular weight is 396 g/mol. The molecule has 3 rings (SSSR count). The summed E-state index contributed by atoms with van der Waals surface area (Å²) in [4.78, 5) is 15.3. The zero-order chi connectivity index (χ0) is 20.1. The van der Waals surface area contributed by atoms with Crippen molar-refractivity contribution in [3.8, 4) is 0 Å². The lowest BCUT2D eigenvalue weighted by atomic mass is 9.99. The number of ether oxygens (including phenoxy) is 1. The molecule has 0 spiro atoms. The topological polar surface area (TPSA) is 42.1 Å². The molecule has 0 unspecified atom stereocenters. The summed E-state index contributed by atoms with van der Waals surface area (Å²) in [5.41, 5.74) is 5.97. The second-order valence-corrected chi connectivity index (χ2v) is 7.46. The van der Waals surface area contributed by atoms with Crippen molar-refractivity contribution < 1.29 is 9.53 Å². The number of carbonyl (C=O) groups is 1. The summed E-state index contributed by atoms with van der Waals surface area (Å²) in [6.45, 7) is 4.24. The molecule has 146 valence electrons. The number of nitrogens with one attached hydrogen (secondary N) is 1. The van der Waals surface area contributed by atoms with Crippen LogP contribution < -0.4 is 0 Å². The van der Waals surface area contributed by atoms with Gasteiger partial charge >= 0.3 is 5.97 Å². The molecule has 0 bridgehead atoms. The van der Waals surface area contributed by atoms with Crippen molar-refractivity contribution in [1.82, 2.24) is 4.98 Å². The number of unbranched alkanes of at least 4 members (excludes halogenated alkanes) is 2. The first-order valence-corrected chi connectivity index (χ1v) is 10.1. The Kier molecular flexibility index (Phi) is 6.58. The van der Waals surface area contributed by atoms with E-state index < -0.39 is 0 Å². The molecule has 0 amide bonds. The number of aromatic amines is 1. The molecule has 0 aliphatic carbocycles. The van der Waals surface area contributed by atoms with Gasteiger partial charge in [0.15, 0.2) is 0 Å². The first-order chi connectivity index (χ1) is 13.5. The third kappa shape index (κ3) is 4.48. The Labute approximate surface area is 171 Å². The Morgan fingerprint density at radius 3 is 2.75 bits per heavy atom. The number of benzene rings is 2. The number of aromatic nitrogens is 1. The number of fused-ring (bicyclic) bond motifs is 1. The number of halogens is 1. The Balaban J connectivity index is 1.88. The molecule has 0 atom stereocenters. The van der Waals surface area contributed by atoms with Crippen molar-refractivity contribution in [2.75, 3.05) is 7.11 Å². The first-order valence-electron chi connectivity index (χ1n) is 9.68. The van der Waals surface area contributed by atoms with E-state index in [4.69, 9.17) is 16.3 Å². The van der Waals surface area contributed by atoms with Gasteiger partial charge in [-0.3, -0.25) is 0 Å². The molecule has 0 aliphatic heterocycles. The van der Waals surface area contributed by atoms with Gasteiger partial charge < -0.3 is 9.72 Å². The highest BCUT2D eigenvalue weighted by Gasteiger charge is 2.14. The summed E-state index contributed by atoms with van der Waals surface area (Å²) in [7, 11) is 1.40. The number of hydrogen-bond acceptors (Lipinski definition) is 2. The van der Waals surface area contributed by atoms with E-state index in [2.05, 4.69) is 36.2 Å². The number of carbonyl (C=O) groups excluding carboxylic acids is 1. The summed E-state index contributed by atoms with van der Waals surface area (Å²) in [6.07, 6.45) is 8.53. The maximum atomic E-state index is 11.9. The van der Waals surface area contributed by atoms with Crippen LogP contribution >= 0.6 is 11.6 Å². The number of allylic oxidation sites excluding steroid dienone is 1. The molecule has 0 fully saturated rings. The zero-order valence-corrected chi connectivity index (χ0v) is 17.4. The van der Waals surface area contributed by atoms with Crippen LogP contribution in [0.5, 0.6) is 0 Å². The van der Waals surface area contributed by atoms with Crippen LogP contribution in [0.1, 0.15) is 58.9 Å². The van der Waals surface area contributed by atoms with Gasteiger partial charge in [0.2, 0.25) is 0 Å². The van der Waals surface area contributed by atoms with Gasteiger partial charge in [0.05, 0.1) is 12.7 Å². The van der Waals surface area contributed by atoms with Crippen molar-refractivity contribution in [1.29, 1.82) is 0 Å². The molecule has 0 saturated carbocycles. The Morgan fingerprint density at radius 1 is 1.21 bits per heavy atom. The average Bonchev–Trinajstić information content (AvgIpc) is 3.01. The normalized spacial score (nSPS) is 11.4. The lowest BCUT2D eigenvalue weighted by Crippen LogP contribution is -2.00. The van der Waals surface area contributed by atoms with Crippen LogP contribution in [0.25, 0.3) is 17.0 Å². The predicted octanol–water partition coefficient (Wildman–Crippen LogP) is 6.71. The smallest absolute Gasteiger partial charge is 0.337 e. The predicted molar refractivity (Wildman–Crippen MR) is 117 cm³/mol. The third-order valence-corrected chi connectivity index (χ3v) is 5.37. The number of hydrogen-bond donors (Lipinski definition) is 1. The van der Waals surface area contributed by atoms with Gasteiger partial charge in [0.25, 0.3) is 0 Å². The minimum atomic E-state index is -0.330. The zero-order valence-electron chi connectivity index (χ0n) is 16.6. The van der Waals surface area contributed by atoms with Crippen LogP contribution in [0, 0.1) is 6.92 Å². The van der Waals surface area contributed by atoms with Crippen LogP contribution in [0.15, 0.2) is 42.5 Å². The highest BCUT2D eigenvalue weighted by atomic mass is 35.5. The third-order valence-electron chi connectivity index (χ3n) is 5.02. The highest BCUT2D eigenvalue weighted by Crippen LogP contribution is 2.29. The molecule has 2 aromatic carbocycles. The fourth-order valence-electron chi connectivity index (χ4n) is 3.40. The van der Waals surface area contributed by atoms with Crippen molar-refractivity contribution in [2.24, 2.45) is 0 Å². The molecule has 3 aromatic rings. The van der Waals surface area contributed by atoms with E-state index >= 15 is 0 Å². The van der Waals surface area contributed by atoms with Crippen LogP contribution in [-0.2, 0) is 11.2 Å². The summed E-state index contributed by atoms with van der Waals surface area (Å²) in [5, 5.41) is 1.79. The molecule has 28 heavy (non-hydrogen) atoms. The fraction of sp³-hybridized carbons (Fsp3) is 0.292. The van der Waals surface area contributed by atoms with Crippen molar-refractivity contribution in [3.05, 3.63) is 75.4 Å². The maximum Gasteiger partial charge on any atom is 0.337 e. The number of aryl methyl sites for hydroxylation is 1. The quantitative estimate of drug-likeness (QED) is 0.356. The van der Waals surface area contributed by atoms with E-state index in [1.807, 2.05) is 25.1 Å². The van der Waals surface area contributed by atoms with Crippen LogP contribution in [0.2, 0.25) is 5.02 Å². The van der Waals surface area contributed by atoms with E-state index in [0.717, 1.165) is 44.7 Å². The first kappa shape index (κ1) is 20.2. The fourth-order valence-corrected chi connectivity index (χ4v) is 3.65. The lowest BCUT2D eigenvalue weighted by molar-refractivity contribution is 0.0601. The molecule has 3 nitrogen and oxygen atoms in total. The van der Waals surface area contributed by atoms with Crippen LogP contribution in [-0.4, -0.2) is 18.1 Å². The standard InChI is InChI=1S/C24H26ClNO2/c1-4-5-6-7-8-17-9-10-18(22(25)13-17)14-20-16(2)26-23-12-11-19(15-21(20)23)24(27)28-3/h7-13,15,26H,4-6,14H2,1-3H3. The monoisotopic (exact) mass is 395 g/mol. The van der Waals surface area contributed by atoms with Gasteiger partial charge in [-0.15, -0.1) is 0 Å². The second-order valence-electron chi connectivity index (χ2n) is 7.05. The van der Waals surface area contributed by atoms with Gasteiger partial charge in [-0.25, -0.2) is 4.79 Å². The number of H-pyrrole nitrogens is 1. The SMILES string of the molecule is CCCCC=Cc1ccc(Cc2c(C)[nH]c3ccc(C(=O)OC)cc23)c(Cl)c1. The van der Waals surface area contributed by atoms with Crippen LogP contribution in [0.3, 0.4) is 0 Å². The number of rotatable bonds is 7. The van der Waals surface area contributed by atoms with E-state index in [0.29, 0.717) is 12.0 Å². The van der Waals surface area contributed by atoms with Gasteiger partial charge in [-0.1, -0.05) is 55.7 Å². The summed E-state index contributed by atoms with van der Waals surface area (Å²) in [6, 6.07) is 11.8. The van der Waals surface area contributed by atoms with Gasteiger partial charge in [0.1, 0.15) is 0 Å². The lowest BCUT2D eigenvalue weighted by Gasteiger charge is -2.07. The van der Waals surface area contributed by atoms with Crippen molar-refractivity contribution in [3.63, 3.8) is 0 Å². The van der Waals surface area contributed by atoms with Crippen molar-refractivity contribution >= 4 is 34.5 Å². The molecule has 1 N–H and O–H groups in total. The minimum Gasteiger partial charge on any atom is -0.465 e. The highest BCUT2D eigenvalue weighted by molar-refractivity contribution is 6.31. The Bertz CT molecular complexity index is 1020. The van der Waals surface area contributed by atoms with Gasteiger partial charge in [0, 0.05) is 28.0 Å².